The van der Waals surface area contributed by atoms with Crippen molar-refractivity contribution in [2.45, 2.75) is 29.9 Å². The summed E-state index contributed by atoms with van der Waals surface area (Å²) in [5.41, 5.74) is 0.519. The molecule has 0 bridgehead atoms. The fraction of sp³-hybridized carbons (Fsp3) is 0.312. The quantitative estimate of drug-likeness (QED) is 0.847. The molecule has 0 radical (unpaired) electrons. The van der Waals surface area contributed by atoms with Crippen molar-refractivity contribution in [2.24, 2.45) is 0 Å². The smallest absolute Gasteiger partial charge is 0.353 e. The molecule has 120 valence electrons. The molecule has 2 heterocycles. The second kappa shape index (κ2) is 5.39. The molecule has 1 aromatic rings. The third-order valence-electron chi connectivity index (χ3n) is 4.30. The maximum absolute atomic E-state index is 12.5. The number of carbonyl (C=O) groups excluding carboxylic acids is 2. The Morgan fingerprint density at radius 3 is 2.43 bits per heavy atom. The summed E-state index contributed by atoms with van der Waals surface area (Å²) >= 11 is 7.43. The molecule has 2 aliphatic rings. The molecule has 2 unspecified atom stereocenters. The van der Waals surface area contributed by atoms with Gasteiger partial charge in [0.1, 0.15) is 15.8 Å². The molecule has 1 aromatic carbocycles. The Hall–Kier alpha value is -1.79. The van der Waals surface area contributed by atoms with Gasteiger partial charge in [0.05, 0.1) is 11.0 Å². The third kappa shape index (κ3) is 2.20. The number of benzene rings is 1. The molecule has 0 aliphatic carbocycles. The Labute approximate surface area is 142 Å². The van der Waals surface area contributed by atoms with Crippen LogP contribution in [0.4, 0.5) is 0 Å². The van der Waals surface area contributed by atoms with Crippen molar-refractivity contribution < 1.29 is 19.5 Å². The number of halogens is 1. The number of thioether (sulfide) groups is 1. The van der Waals surface area contributed by atoms with Crippen LogP contribution in [0.5, 0.6) is 0 Å². The first kappa shape index (κ1) is 16.1. The third-order valence-corrected chi connectivity index (χ3v) is 6.66. The Bertz CT molecular complexity index is 748. The highest BCUT2D eigenvalue weighted by molar-refractivity contribution is 8.02. The van der Waals surface area contributed by atoms with E-state index in [1.54, 1.807) is 6.92 Å². The minimum absolute atomic E-state index is 0.0985. The minimum atomic E-state index is -1.30. The molecule has 1 fully saturated rings. The number of fused-ring (bicyclic) bond motifs is 1. The number of nitrogens with zero attached hydrogens (tertiary/aromatic N) is 1. The first-order chi connectivity index (χ1) is 10.8. The van der Waals surface area contributed by atoms with E-state index in [9.17, 15) is 19.5 Å². The van der Waals surface area contributed by atoms with Gasteiger partial charge >= 0.3 is 5.97 Å². The average molecular weight is 352 g/mol. The van der Waals surface area contributed by atoms with Gasteiger partial charge in [-0.05, 0) is 19.4 Å². The number of carboxylic acid groups (broad SMARTS) is 1. The minimum Gasteiger partial charge on any atom is -0.477 e. The first-order valence-corrected chi connectivity index (χ1v) is 8.25. The van der Waals surface area contributed by atoms with Crippen LogP contribution in [-0.2, 0) is 14.4 Å². The van der Waals surface area contributed by atoms with Gasteiger partial charge in [0.25, 0.3) is 0 Å². The van der Waals surface area contributed by atoms with Gasteiger partial charge in [-0.1, -0.05) is 41.9 Å². The van der Waals surface area contributed by atoms with Crippen LogP contribution in [0.25, 0.3) is 0 Å². The molecule has 1 saturated heterocycles. The molecule has 0 spiro atoms. The van der Waals surface area contributed by atoms with Gasteiger partial charge in [0.2, 0.25) is 5.91 Å². The summed E-state index contributed by atoms with van der Waals surface area (Å²) in [7, 11) is 0. The summed E-state index contributed by atoms with van der Waals surface area (Å²) in [6, 6.07) is 9.14. The van der Waals surface area contributed by atoms with E-state index in [0.717, 1.165) is 5.56 Å². The maximum Gasteiger partial charge on any atom is 0.353 e. The van der Waals surface area contributed by atoms with Crippen molar-refractivity contribution in [2.75, 3.05) is 0 Å². The number of β-lactam (4-membered cyclic amide) rings is 1. The van der Waals surface area contributed by atoms with Crippen LogP contribution in [0.3, 0.4) is 0 Å². The van der Waals surface area contributed by atoms with Gasteiger partial charge in [-0.3, -0.25) is 14.5 Å². The zero-order valence-corrected chi connectivity index (χ0v) is 14.0. The summed E-state index contributed by atoms with van der Waals surface area (Å²) in [6.07, 6.45) is 0. The summed E-state index contributed by atoms with van der Waals surface area (Å²) in [4.78, 5) is 37.4. The van der Waals surface area contributed by atoms with Crippen LogP contribution in [0.1, 0.15) is 25.3 Å². The summed E-state index contributed by atoms with van der Waals surface area (Å²) in [6.45, 7) is 2.98. The Morgan fingerprint density at radius 1 is 1.30 bits per heavy atom. The summed E-state index contributed by atoms with van der Waals surface area (Å²) < 4.78 is -1.16. The van der Waals surface area contributed by atoms with Crippen molar-refractivity contribution in [3.05, 3.63) is 46.6 Å². The molecule has 5 nitrogen and oxygen atoms in total. The predicted molar refractivity (Wildman–Crippen MR) is 87.0 cm³/mol. The fourth-order valence-electron chi connectivity index (χ4n) is 2.85. The molecule has 2 aliphatic heterocycles. The molecule has 3 atom stereocenters. The van der Waals surface area contributed by atoms with Gasteiger partial charge in [0.15, 0.2) is 5.78 Å². The van der Waals surface area contributed by atoms with E-state index in [2.05, 4.69) is 0 Å². The monoisotopic (exact) mass is 351 g/mol. The van der Waals surface area contributed by atoms with Crippen molar-refractivity contribution >= 4 is 41.0 Å². The summed E-state index contributed by atoms with van der Waals surface area (Å²) in [5, 5.41) is 8.91. The molecule has 7 heteroatoms. The van der Waals surface area contributed by atoms with E-state index in [4.69, 9.17) is 11.6 Å². The van der Waals surface area contributed by atoms with Gasteiger partial charge in [-0.15, -0.1) is 11.8 Å². The molecule has 0 saturated carbocycles. The largest absolute Gasteiger partial charge is 0.477 e. The van der Waals surface area contributed by atoms with Gasteiger partial charge in [-0.25, -0.2) is 4.79 Å². The standard InChI is InChI=1S/C16H14ClNO4S/c1-8(19)16(2)12(17)11(15(21)22)18-13(20)10(14(18)23-16)9-6-4-3-5-7-9/h3-7,10,14H,1-2H3,(H,21,22)/t10?,14-,16?/m1/s1. The molecule has 1 amide bonds. The van der Waals surface area contributed by atoms with Gasteiger partial charge in [0, 0.05) is 0 Å². The molecular formula is C16H14ClNO4S. The van der Waals surface area contributed by atoms with Crippen molar-refractivity contribution in [1.82, 2.24) is 4.90 Å². The van der Waals surface area contributed by atoms with Crippen LogP contribution >= 0.6 is 23.4 Å². The Balaban J connectivity index is 2.10. The van der Waals surface area contributed by atoms with Gasteiger partial charge in [-0.2, -0.15) is 0 Å². The van der Waals surface area contributed by atoms with Gasteiger partial charge < -0.3 is 5.11 Å². The highest BCUT2D eigenvalue weighted by Gasteiger charge is 2.60. The Morgan fingerprint density at radius 2 is 1.91 bits per heavy atom. The number of amides is 1. The summed E-state index contributed by atoms with van der Waals surface area (Å²) in [5.74, 6) is -2.32. The number of carboxylic acids is 1. The van der Waals surface area contributed by atoms with E-state index in [-0.39, 0.29) is 22.4 Å². The number of rotatable bonds is 3. The number of Topliss-reactive ketones (excluding diaryl/α,β-unsaturated/α-hetero) is 1. The first-order valence-electron chi connectivity index (χ1n) is 6.99. The molecule has 0 aromatic heterocycles. The lowest BCUT2D eigenvalue weighted by Crippen LogP contribution is -2.62. The van der Waals surface area contributed by atoms with E-state index in [1.165, 1.54) is 23.6 Å². The van der Waals surface area contributed by atoms with Crippen LogP contribution < -0.4 is 0 Å². The SMILES string of the molecule is CC(=O)C1(C)S[C@@H]2C(c3ccccc3)C(=O)N2C(C(=O)O)=C1Cl. The lowest BCUT2D eigenvalue weighted by atomic mass is 9.88. The van der Waals surface area contributed by atoms with Crippen LogP contribution in [0.15, 0.2) is 41.1 Å². The fourth-order valence-corrected chi connectivity index (χ4v) is 4.86. The number of aliphatic carboxylic acids is 1. The number of hydrogen-bond acceptors (Lipinski definition) is 4. The highest BCUT2D eigenvalue weighted by Crippen LogP contribution is 2.56. The average Bonchev–Trinajstić information content (AvgIpc) is 2.50. The van der Waals surface area contributed by atoms with E-state index < -0.39 is 22.0 Å². The topological polar surface area (TPSA) is 74.7 Å². The molecule has 1 N–H and O–H groups in total. The molecule has 23 heavy (non-hydrogen) atoms. The second-order valence-corrected chi connectivity index (χ2v) is 7.58. The lowest BCUT2D eigenvalue weighted by molar-refractivity contribution is -0.148. The number of carbonyl (C=O) groups is 3. The lowest BCUT2D eigenvalue weighted by Gasteiger charge is -2.53. The zero-order chi connectivity index (χ0) is 16.9. The van der Waals surface area contributed by atoms with Crippen molar-refractivity contribution in [3.63, 3.8) is 0 Å². The normalized spacial score (nSPS) is 29.9. The number of hydrogen-bond donors (Lipinski definition) is 1. The van der Waals surface area contributed by atoms with E-state index >= 15 is 0 Å². The molecule has 3 rings (SSSR count). The Kier molecular flexibility index (Phi) is 3.77. The highest BCUT2D eigenvalue weighted by atomic mass is 35.5. The maximum atomic E-state index is 12.5. The van der Waals surface area contributed by atoms with Crippen LogP contribution in [-0.4, -0.2) is 37.8 Å². The van der Waals surface area contributed by atoms with Crippen molar-refractivity contribution in [1.29, 1.82) is 0 Å². The van der Waals surface area contributed by atoms with E-state index in [1.807, 2.05) is 30.3 Å². The number of ketones is 1. The van der Waals surface area contributed by atoms with Crippen molar-refractivity contribution in [3.8, 4) is 0 Å². The predicted octanol–water partition coefficient (Wildman–Crippen LogP) is 2.57. The second-order valence-electron chi connectivity index (χ2n) is 5.66. The van der Waals surface area contributed by atoms with Crippen LogP contribution in [0, 0.1) is 0 Å². The van der Waals surface area contributed by atoms with E-state index in [0.29, 0.717) is 0 Å². The zero-order valence-electron chi connectivity index (χ0n) is 12.4. The molecular weight excluding hydrogens is 338 g/mol. The van der Waals surface area contributed by atoms with Crippen LogP contribution in [0.2, 0.25) is 0 Å².